The predicted octanol–water partition coefficient (Wildman–Crippen LogP) is 18.2. The van der Waals surface area contributed by atoms with Gasteiger partial charge in [0.1, 0.15) is 11.2 Å². The third-order valence-electron chi connectivity index (χ3n) is 23.1. The van der Waals surface area contributed by atoms with Crippen molar-refractivity contribution in [2.45, 2.75) is 174 Å². The summed E-state index contributed by atoms with van der Waals surface area (Å²) in [7, 11) is 0. The Labute approximate surface area is 475 Å². The molecule has 1 fully saturated rings. The first-order valence-corrected chi connectivity index (χ1v) is 30.4. The van der Waals surface area contributed by atoms with Crippen molar-refractivity contribution in [2.75, 3.05) is 9.80 Å². The Bertz CT molecular complexity index is 4270. The minimum atomic E-state index is -0.228. The van der Waals surface area contributed by atoms with Gasteiger partial charge in [-0.25, -0.2) is 0 Å². The van der Waals surface area contributed by atoms with E-state index in [4.69, 9.17) is 4.42 Å². The van der Waals surface area contributed by atoms with Gasteiger partial charge in [0, 0.05) is 67.1 Å². The van der Waals surface area contributed by atoms with E-state index in [2.05, 4.69) is 240 Å². The van der Waals surface area contributed by atoms with Crippen LogP contribution in [0.5, 0.6) is 0 Å². The third kappa shape index (κ3) is 5.99. The number of hydrogen-bond acceptors (Lipinski definition) is 3. The summed E-state index contributed by atoms with van der Waals surface area (Å²) in [5.41, 5.74) is 32.2. The zero-order valence-electron chi connectivity index (χ0n) is 49.9. The molecule has 0 saturated heterocycles. The zero-order valence-corrected chi connectivity index (χ0v) is 49.9. The topological polar surface area (TPSA) is 19.6 Å². The number of para-hydroxylation sites is 1. The van der Waals surface area contributed by atoms with Crippen LogP contribution in [0.2, 0.25) is 0 Å². The highest BCUT2D eigenvalue weighted by molar-refractivity contribution is 7.00. The van der Waals surface area contributed by atoms with Crippen LogP contribution in [0.3, 0.4) is 0 Å². The Hall–Kier alpha value is -6.78. The molecular weight excluding hydrogens is 968 g/mol. The lowest BCUT2D eigenvalue weighted by atomic mass is 9.33. The molecule has 0 radical (unpaired) electrons. The maximum Gasteiger partial charge on any atom is 0.252 e. The van der Waals surface area contributed by atoms with Crippen LogP contribution in [0.1, 0.15) is 200 Å². The predicted molar refractivity (Wildman–Crippen MR) is 338 cm³/mol. The summed E-state index contributed by atoms with van der Waals surface area (Å²) in [6.45, 7) is 35.1. The van der Waals surface area contributed by atoms with Gasteiger partial charge in [-0.15, -0.1) is 0 Å². The van der Waals surface area contributed by atoms with Crippen LogP contribution in [-0.2, 0) is 32.5 Å². The fourth-order valence-electron chi connectivity index (χ4n) is 18.5. The second-order valence-corrected chi connectivity index (χ2v) is 29.7. The highest BCUT2D eigenvalue weighted by Gasteiger charge is 2.60. The molecule has 3 aliphatic heterocycles. The fourth-order valence-corrected chi connectivity index (χ4v) is 18.5. The van der Waals surface area contributed by atoms with E-state index in [1.54, 1.807) is 22.3 Å². The van der Waals surface area contributed by atoms with E-state index in [-0.39, 0.29) is 50.5 Å². The molecule has 4 atom stereocenters. The van der Waals surface area contributed by atoms with Gasteiger partial charge in [0.15, 0.2) is 0 Å². The van der Waals surface area contributed by atoms with Crippen molar-refractivity contribution in [3.8, 4) is 0 Å². The average molecular weight is 1050 g/mol. The van der Waals surface area contributed by atoms with Crippen LogP contribution in [0.4, 0.5) is 34.1 Å². The van der Waals surface area contributed by atoms with Gasteiger partial charge in [0.05, 0.1) is 0 Å². The number of furan rings is 1. The molecule has 6 bridgehead atoms. The number of rotatable bonds is 1. The van der Waals surface area contributed by atoms with Crippen molar-refractivity contribution >= 4 is 79.2 Å². The Morgan fingerprint density at radius 3 is 1.91 bits per heavy atom. The highest BCUT2D eigenvalue weighted by atomic mass is 16.3. The average Bonchev–Trinajstić information content (AvgIpc) is 3.44. The lowest BCUT2D eigenvalue weighted by molar-refractivity contribution is 0.0923. The van der Waals surface area contributed by atoms with Gasteiger partial charge in [-0.3, -0.25) is 0 Å². The number of aryl methyl sites for hydroxylation is 2. The lowest BCUT2D eigenvalue weighted by Crippen LogP contribution is -2.62. The molecule has 0 amide bonds. The lowest BCUT2D eigenvalue weighted by Gasteiger charge is -2.50. The minimum absolute atomic E-state index is 0.0191. The van der Waals surface area contributed by atoms with Gasteiger partial charge in [0.2, 0.25) is 0 Å². The molecule has 7 aliphatic rings. The summed E-state index contributed by atoms with van der Waals surface area (Å²) in [5, 5.41) is 2.29. The Morgan fingerprint density at radius 2 is 1.16 bits per heavy atom. The van der Waals surface area contributed by atoms with Gasteiger partial charge in [0.25, 0.3) is 6.71 Å². The second kappa shape index (κ2) is 15.4. The molecule has 400 valence electrons. The summed E-state index contributed by atoms with van der Waals surface area (Å²) in [4.78, 5) is 5.44. The second-order valence-electron chi connectivity index (χ2n) is 29.7. The molecule has 1 aromatic heterocycles. The first-order valence-electron chi connectivity index (χ1n) is 30.4. The quantitative estimate of drug-likeness (QED) is 0.153. The number of nitrogens with zero attached hydrogens (tertiary/aromatic N) is 2. The van der Waals surface area contributed by atoms with Crippen LogP contribution < -0.4 is 26.2 Å². The molecule has 8 aromatic carbocycles. The number of benzene rings is 8. The summed E-state index contributed by atoms with van der Waals surface area (Å²) in [6, 6.07) is 54.1. The SMILES string of the molecule is Cc1cc2c3c(c1)N1c4cc5c(cc4C)C(C)(C)CCC5(C)c4cc5c(cc4C(C)(C)C)C4(C)CCCCC4(C)C5c4ccc(c1c4)B3c1cc3c(cc1N2c1ccc2oc4ccccc4c2c1)C(C)(C)c1ccccc1C3(C)C. The van der Waals surface area contributed by atoms with Crippen molar-refractivity contribution in [2.24, 2.45) is 5.41 Å². The largest absolute Gasteiger partial charge is 0.456 e. The number of hydrogen-bond donors (Lipinski definition) is 0. The normalized spacial score (nSPS) is 24.6. The van der Waals surface area contributed by atoms with Gasteiger partial charge in [-0.1, -0.05) is 175 Å². The monoisotopic (exact) mass is 1040 g/mol. The van der Waals surface area contributed by atoms with Crippen molar-refractivity contribution < 1.29 is 4.42 Å². The Balaban J connectivity index is 1.04. The third-order valence-corrected chi connectivity index (χ3v) is 23.1. The standard InChI is InChI=1S/C76H77BN2O/c1-43-33-64-69-65(34-43)79-61-42-58-54(35-44(61)2)71(6,7)31-32-74(58,12)57-38-49-52(39-53(57)70(3,4)5)75(13)29-19-20-30-76(75,14)68(49)45-25-27-59(62(79)36-45)77(69)60-40-55-56(73(10,11)51-23-17-16-22-50(51)72(55,8)9)41-63(60)78(64)46-26-28-67-48(37-46)47-21-15-18-24-66(47)80-67/h15-18,21-28,33-42,68H,19-20,29-32H2,1-14H3. The summed E-state index contributed by atoms with van der Waals surface area (Å²) in [6.07, 6.45) is 7.29. The van der Waals surface area contributed by atoms with E-state index in [1.807, 2.05) is 0 Å². The molecule has 9 aromatic rings. The first-order chi connectivity index (χ1) is 38.0. The molecule has 16 rings (SSSR count). The molecule has 4 aliphatic carbocycles. The van der Waals surface area contributed by atoms with Crippen LogP contribution in [0, 0.1) is 19.3 Å². The Morgan fingerprint density at radius 1 is 0.500 bits per heavy atom. The van der Waals surface area contributed by atoms with Gasteiger partial charge in [-0.2, -0.15) is 0 Å². The van der Waals surface area contributed by atoms with Crippen molar-refractivity contribution in [3.05, 3.63) is 206 Å². The number of fused-ring (bicyclic) bond motifs is 18. The van der Waals surface area contributed by atoms with E-state index in [0.29, 0.717) is 0 Å². The van der Waals surface area contributed by atoms with E-state index in [9.17, 15) is 0 Å². The first kappa shape index (κ1) is 49.1. The van der Waals surface area contributed by atoms with E-state index < -0.39 is 0 Å². The van der Waals surface area contributed by atoms with E-state index >= 15 is 0 Å². The summed E-state index contributed by atoms with van der Waals surface area (Å²) >= 11 is 0. The van der Waals surface area contributed by atoms with E-state index in [0.717, 1.165) is 40.5 Å². The maximum atomic E-state index is 6.56. The van der Waals surface area contributed by atoms with Crippen LogP contribution in [0.25, 0.3) is 21.9 Å². The van der Waals surface area contributed by atoms with E-state index in [1.165, 1.54) is 121 Å². The molecular formula is C76H77BN2O. The van der Waals surface area contributed by atoms with Crippen LogP contribution in [-0.4, -0.2) is 6.71 Å². The van der Waals surface area contributed by atoms with Crippen molar-refractivity contribution in [1.82, 2.24) is 0 Å². The molecule has 80 heavy (non-hydrogen) atoms. The molecule has 3 nitrogen and oxygen atoms in total. The maximum absolute atomic E-state index is 6.56. The van der Waals surface area contributed by atoms with Gasteiger partial charge in [-0.05, 0) is 205 Å². The van der Waals surface area contributed by atoms with Gasteiger partial charge < -0.3 is 14.2 Å². The molecule has 0 spiro atoms. The Kier molecular flexibility index (Phi) is 9.45. The van der Waals surface area contributed by atoms with Crippen LogP contribution >= 0.6 is 0 Å². The highest BCUT2D eigenvalue weighted by Crippen LogP contribution is 2.69. The summed E-state index contributed by atoms with van der Waals surface area (Å²) in [5.74, 6) is 0.261. The molecule has 4 heteroatoms. The summed E-state index contributed by atoms with van der Waals surface area (Å²) < 4.78 is 6.56. The molecule has 1 saturated carbocycles. The molecule has 4 unspecified atom stereocenters. The van der Waals surface area contributed by atoms with Gasteiger partial charge >= 0.3 is 0 Å². The van der Waals surface area contributed by atoms with Crippen molar-refractivity contribution in [3.63, 3.8) is 0 Å². The molecule has 4 heterocycles. The van der Waals surface area contributed by atoms with Crippen LogP contribution in [0.15, 0.2) is 138 Å². The zero-order chi connectivity index (χ0) is 55.3. The number of anilines is 6. The molecule has 0 N–H and O–H groups in total. The fraction of sp³-hybridized carbons (Fsp3) is 0.368. The van der Waals surface area contributed by atoms with Crippen molar-refractivity contribution in [1.29, 1.82) is 0 Å². The minimum Gasteiger partial charge on any atom is -0.456 e. The smallest absolute Gasteiger partial charge is 0.252 e.